The molecule has 7 heteroatoms. The molecule has 0 aliphatic rings. The Morgan fingerprint density at radius 2 is 1.41 bits per heavy atom. The molecule has 0 aliphatic heterocycles. The molecule has 3 aromatic rings. The minimum Gasteiger partial charge on any atom is -0.332 e. The fourth-order valence-corrected chi connectivity index (χ4v) is 5.06. The van der Waals surface area contributed by atoms with Crippen molar-refractivity contribution in [2.24, 2.45) is 0 Å². The summed E-state index contributed by atoms with van der Waals surface area (Å²) in [6.45, 7) is 4.15. The lowest BCUT2D eigenvalue weighted by Crippen LogP contribution is -2.49. The number of amides is 1. The van der Waals surface area contributed by atoms with E-state index in [4.69, 9.17) is 11.6 Å². The van der Waals surface area contributed by atoms with E-state index in [1.807, 2.05) is 60.7 Å². The average molecular weight is 471 g/mol. The number of sulfonamides is 1. The molecular formula is C25H27ClN2O3S. The van der Waals surface area contributed by atoms with Gasteiger partial charge in [0.2, 0.25) is 15.9 Å². The molecule has 1 amide bonds. The van der Waals surface area contributed by atoms with Crippen LogP contribution in [0.15, 0.2) is 78.9 Å². The van der Waals surface area contributed by atoms with E-state index in [-0.39, 0.29) is 5.91 Å². The van der Waals surface area contributed by atoms with Crippen LogP contribution in [0.25, 0.3) is 0 Å². The van der Waals surface area contributed by atoms with E-state index in [9.17, 15) is 13.2 Å². The lowest BCUT2D eigenvalue weighted by molar-refractivity contribution is -0.133. The van der Waals surface area contributed by atoms with Crippen LogP contribution in [-0.2, 0) is 27.9 Å². The summed E-state index contributed by atoms with van der Waals surface area (Å²) in [4.78, 5) is 15.4. The van der Waals surface area contributed by atoms with Crippen molar-refractivity contribution in [2.45, 2.75) is 33.0 Å². The second kappa shape index (κ2) is 10.2. The minimum atomic E-state index is -3.75. The van der Waals surface area contributed by atoms with Gasteiger partial charge in [-0.1, -0.05) is 78.3 Å². The van der Waals surface area contributed by atoms with Gasteiger partial charge in [0, 0.05) is 18.1 Å². The van der Waals surface area contributed by atoms with Crippen LogP contribution >= 0.6 is 11.6 Å². The first kappa shape index (κ1) is 23.8. The van der Waals surface area contributed by atoms with Gasteiger partial charge in [-0.3, -0.25) is 9.10 Å². The van der Waals surface area contributed by atoms with Gasteiger partial charge in [-0.05, 0) is 42.7 Å². The molecular weight excluding hydrogens is 444 g/mol. The third-order valence-corrected chi connectivity index (χ3v) is 6.68. The number of anilines is 1. The van der Waals surface area contributed by atoms with E-state index < -0.39 is 16.1 Å². The summed E-state index contributed by atoms with van der Waals surface area (Å²) in [5.41, 5.74) is 3.06. The molecule has 32 heavy (non-hydrogen) atoms. The first-order valence-electron chi connectivity index (χ1n) is 10.3. The lowest BCUT2D eigenvalue weighted by Gasteiger charge is -2.33. The summed E-state index contributed by atoms with van der Waals surface area (Å²) in [7, 11) is -3.75. The molecule has 1 atom stereocenters. The van der Waals surface area contributed by atoms with E-state index >= 15 is 0 Å². The predicted molar refractivity (Wildman–Crippen MR) is 130 cm³/mol. The number of hydrogen-bond donors (Lipinski definition) is 0. The molecule has 0 unspecified atom stereocenters. The van der Waals surface area contributed by atoms with Gasteiger partial charge in [0.25, 0.3) is 0 Å². The number of rotatable bonds is 8. The maximum atomic E-state index is 13.7. The zero-order valence-electron chi connectivity index (χ0n) is 18.4. The Hall–Kier alpha value is -2.83. The predicted octanol–water partition coefficient (Wildman–Crippen LogP) is 5.03. The lowest BCUT2D eigenvalue weighted by atomic mass is 10.1. The van der Waals surface area contributed by atoms with E-state index in [0.717, 1.165) is 22.9 Å². The molecule has 0 saturated carbocycles. The van der Waals surface area contributed by atoms with E-state index in [0.29, 0.717) is 23.8 Å². The van der Waals surface area contributed by atoms with Crippen molar-refractivity contribution in [3.8, 4) is 0 Å². The van der Waals surface area contributed by atoms with Gasteiger partial charge in [-0.2, -0.15) is 0 Å². The van der Waals surface area contributed by atoms with Gasteiger partial charge in [0.15, 0.2) is 0 Å². The third kappa shape index (κ3) is 5.90. The number of aryl methyl sites for hydroxylation is 1. The number of carbonyl (C=O) groups is 1. The zero-order chi connectivity index (χ0) is 23.3. The van der Waals surface area contributed by atoms with Gasteiger partial charge < -0.3 is 4.90 Å². The molecule has 0 radical (unpaired) electrons. The first-order valence-corrected chi connectivity index (χ1v) is 12.5. The molecule has 168 valence electrons. The Balaban J connectivity index is 1.99. The standard InChI is InChI=1S/C25H27ClN2O3S/c1-19-14-15-23(26)16-24(19)28(32(3,30)31)20(2)25(29)27(17-21-10-6-4-7-11-21)18-22-12-8-5-9-13-22/h4-16,20H,17-18H2,1-3H3/t20-/m0/s1. The van der Waals surface area contributed by atoms with Crippen molar-refractivity contribution < 1.29 is 13.2 Å². The van der Waals surface area contributed by atoms with E-state index in [1.165, 1.54) is 4.31 Å². The molecule has 0 aromatic heterocycles. The largest absolute Gasteiger partial charge is 0.332 e. The van der Waals surface area contributed by atoms with Crippen LogP contribution in [-0.4, -0.2) is 31.5 Å². The molecule has 0 heterocycles. The zero-order valence-corrected chi connectivity index (χ0v) is 20.0. The number of nitrogens with zero attached hydrogens (tertiary/aromatic N) is 2. The average Bonchev–Trinajstić information content (AvgIpc) is 2.76. The smallest absolute Gasteiger partial charge is 0.246 e. The Morgan fingerprint density at radius 3 is 1.88 bits per heavy atom. The van der Waals surface area contributed by atoms with Crippen LogP contribution in [0.5, 0.6) is 0 Å². The molecule has 0 saturated heterocycles. The van der Waals surface area contributed by atoms with Crippen molar-refractivity contribution in [1.29, 1.82) is 0 Å². The maximum absolute atomic E-state index is 13.7. The van der Waals surface area contributed by atoms with Crippen LogP contribution in [0.4, 0.5) is 5.69 Å². The van der Waals surface area contributed by atoms with Gasteiger partial charge in [0.1, 0.15) is 6.04 Å². The highest BCUT2D eigenvalue weighted by molar-refractivity contribution is 7.92. The van der Waals surface area contributed by atoms with Crippen molar-refractivity contribution in [1.82, 2.24) is 4.90 Å². The molecule has 0 N–H and O–H groups in total. The monoisotopic (exact) mass is 470 g/mol. The van der Waals surface area contributed by atoms with Gasteiger partial charge >= 0.3 is 0 Å². The molecule has 0 bridgehead atoms. The topological polar surface area (TPSA) is 57.7 Å². The van der Waals surface area contributed by atoms with Crippen molar-refractivity contribution >= 4 is 33.2 Å². The summed E-state index contributed by atoms with van der Waals surface area (Å²) in [6, 6.07) is 23.4. The van der Waals surface area contributed by atoms with Crippen molar-refractivity contribution in [3.05, 3.63) is 101 Å². The Morgan fingerprint density at radius 1 is 0.906 bits per heavy atom. The second-order valence-corrected chi connectivity index (χ2v) is 10.1. The second-order valence-electron chi connectivity index (χ2n) is 7.83. The molecule has 0 fully saturated rings. The van der Waals surface area contributed by atoms with E-state index in [1.54, 1.807) is 36.9 Å². The van der Waals surface area contributed by atoms with Crippen molar-refractivity contribution in [2.75, 3.05) is 10.6 Å². The maximum Gasteiger partial charge on any atom is 0.246 e. The minimum absolute atomic E-state index is 0.289. The molecule has 0 aliphatic carbocycles. The highest BCUT2D eigenvalue weighted by atomic mass is 35.5. The molecule has 3 rings (SSSR count). The highest BCUT2D eigenvalue weighted by Crippen LogP contribution is 2.29. The summed E-state index contributed by atoms with van der Waals surface area (Å²) in [5, 5.41) is 0.407. The number of carbonyl (C=O) groups excluding carboxylic acids is 1. The molecule has 3 aromatic carbocycles. The fraction of sp³-hybridized carbons (Fsp3) is 0.240. The van der Waals surface area contributed by atoms with E-state index in [2.05, 4.69) is 0 Å². The summed E-state index contributed by atoms with van der Waals surface area (Å²) in [5.74, 6) is -0.289. The van der Waals surface area contributed by atoms with Gasteiger partial charge in [-0.15, -0.1) is 0 Å². The number of halogens is 1. The Labute approximate surface area is 195 Å². The first-order chi connectivity index (χ1) is 15.2. The van der Waals surface area contributed by atoms with Crippen LogP contribution in [0.2, 0.25) is 5.02 Å². The van der Waals surface area contributed by atoms with Crippen LogP contribution < -0.4 is 4.31 Å². The summed E-state index contributed by atoms with van der Waals surface area (Å²) < 4.78 is 26.8. The van der Waals surface area contributed by atoms with Crippen LogP contribution in [0, 0.1) is 6.92 Å². The van der Waals surface area contributed by atoms with Crippen LogP contribution in [0.1, 0.15) is 23.6 Å². The number of hydrogen-bond acceptors (Lipinski definition) is 3. The van der Waals surface area contributed by atoms with Crippen molar-refractivity contribution in [3.63, 3.8) is 0 Å². The molecule has 0 spiro atoms. The summed E-state index contributed by atoms with van der Waals surface area (Å²) >= 11 is 6.16. The SMILES string of the molecule is Cc1ccc(Cl)cc1N([C@@H](C)C(=O)N(Cc1ccccc1)Cc1ccccc1)S(C)(=O)=O. The normalized spacial score (nSPS) is 12.2. The quantitative estimate of drug-likeness (QED) is 0.463. The van der Waals surface area contributed by atoms with Crippen LogP contribution in [0.3, 0.4) is 0 Å². The Kier molecular flexibility index (Phi) is 7.59. The third-order valence-electron chi connectivity index (χ3n) is 5.22. The van der Waals surface area contributed by atoms with Gasteiger partial charge in [-0.25, -0.2) is 8.42 Å². The van der Waals surface area contributed by atoms with Gasteiger partial charge in [0.05, 0.1) is 11.9 Å². The Bertz CT molecular complexity index is 1130. The highest BCUT2D eigenvalue weighted by Gasteiger charge is 2.33. The molecule has 5 nitrogen and oxygen atoms in total. The number of benzene rings is 3. The summed E-state index contributed by atoms with van der Waals surface area (Å²) in [6.07, 6.45) is 1.11. The fourth-order valence-electron chi connectivity index (χ4n) is 3.68.